The van der Waals surface area contributed by atoms with E-state index in [1.807, 2.05) is 30.3 Å². The Morgan fingerprint density at radius 1 is 1.24 bits per heavy atom. The first-order valence-electron chi connectivity index (χ1n) is 11.1. The van der Waals surface area contributed by atoms with Gasteiger partial charge >= 0.3 is 0 Å². The van der Waals surface area contributed by atoms with Crippen molar-refractivity contribution in [3.63, 3.8) is 0 Å². The van der Waals surface area contributed by atoms with Crippen LogP contribution in [-0.2, 0) is 0 Å². The molecule has 1 atom stereocenters. The number of carbonyl (C=O) groups excluding carboxylic acids is 1. The zero-order valence-electron chi connectivity index (χ0n) is 18.6. The molecule has 1 aliphatic rings. The second-order valence-electron chi connectivity index (χ2n) is 8.49. The number of benzene rings is 2. The highest BCUT2D eigenvalue weighted by molar-refractivity contribution is 7.10. The van der Waals surface area contributed by atoms with Gasteiger partial charge in [0.15, 0.2) is 6.23 Å². The highest BCUT2D eigenvalue weighted by Gasteiger charge is 2.19. The third kappa shape index (κ3) is 4.81. The number of hydrogen-bond acceptors (Lipinski definition) is 6. The summed E-state index contributed by atoms with van der Waals surface area (Å²) >= 11 is 7.35. The Bertz CT molecular complexity index is 1300. The number of aliphatic hydroxyl groups is 1. The molecule has 34 heavy (non-hydrogen) atoms. The third-order valence-corrected chi connectivity index (χ3v) is 7.49. The van der Waals surface area contributed by atoms with Gasteiger partial charge in [0, 0.05) is 29.6 Å². The number of carbonyl (C=O) groups is 1. The van der Waals surface area contributed by atoms with Gasteiger partial charge in [0.25, 0.3) is 5.91 Å². The molecule has 1 fully saturated rings. The zero-order valence-corrected chi connectivity index (χ0v) is 20.2. The van der Waals surface area contributed by atoms with E-state index in [9.17, 15) is 9.90 Å². The molecular weight excluding hydrogens is 472 g/mol. The molecule has 0 bridgehead atoms. The normalized spacial score (nSPS) is 16.0. The molecule has 0 aliphatic carbocycles. The lowest BCUT2D eigenvalue weighted by molar-refractivity contribution is 0.0791. The van der Waals surface area contributed by atoms with Crippen LogP contribution in [0.4, 0.5) is 0 Å². The van der Waals surface area contributed by atoms with Crippen LogP contribution in [0.1, 0.15) is 34.3 Å². The quantitative estimate of drug-likeness (QED) is 0.332. The summed E-state index contributed by atoms with van der Waals surface area (Å²) in [6, 6.07) is 14.9. The predicted octanol–water partition coefficient (Wildman–Crippen LogP) is 4.84. The summed E-state index contributed by atoms with van der Waals surface area (Å²) in [6.45, 7) is 2.10. The Balaban J connectivity index is 1.32. The highest BCUT2D eigenvalue weighted by Crippen LogP contribution is 2.30. The van der Waals surface area contributed by atoms with Crippen molar-refractivity contribution in [2.45, 2.75) is 25.2 Å². The van der Waals surface area contributed by atoms with Crippen LogP contribution in [0.5, 0.6) is 5.75 Å². The number of thiophene rings is 1. The van der Waals surface area contributed by atoms with Crippen molar-refractivity contribution in [2.75, 3.05) is 20.1 Å². The molecule has 0 spiro atoms. The number of ether oxygens (including phenoxy) is 1. The van der Waals surface area contributed by atoms with Gasteiger partial charge in [0.2, 0.25) is 0 Å². The smallest absolute Gasteiger partial charge is 0.253 e. The largest absolute Gasteiger partial charge is 0.490 e. The summed E-state index contributed by atoms with van der Waals surface area (Å²) in [7, 11) is 2.13. The van der Waals surface area contributed by atoms with Crippen LogP contribution in [0.2, 0.25) is 5.02 Å². The van der Waals surface area contributed by atoms with E-state index in [1.54, 1.807) is 23.6 Å². The van der Waals surface area contributed by atoms with E-state index < -0.39 is 12.1 Å². The molecule has 0 unspecified atom stereocenters. The van der Waals surface area contributed by atoms with Crippen LogP contribution < -0.4 is 10.1 Å². The number of likely N-dealkylation sites (tertiary alicyclic amines) is 1. The Morgan fingerprint density at radius 3 is 2.71 bits per heavy atom. The minimum Gasteiger partial charge on any atom is -0.490 e. The molecule has 176 valence electrons. The fraction of sp³-hybridized carbons (Fsp3) is 0.280. The Morgan fingerprint density at radius 2 is 2.00 bits per heavy atom. The second-order valence-corrected chi connectivity index (χ2v) is 9.84. The predicted molar refractivity (Wildman–Crippen MR) is 134 cm³/mol. The van der Waals surface area contributed by atoms with E-state index in [2.05, 4.69) is 27.5 Å². The topological polar surface area (TPSA) is 90.5 Å². The Labute approximate surface area is 206 Å². The van der Waals surface area contributed by atoms with Gasteiger partial charge in [0.1, 0.15) is 11.9 Å². The monoisotopic (exact) mass is 496 g/mol. The SMILES string of the molecule is CN1CCC(Oc2ccc(-c3n[nH]c4ccc(C(=O)N[C@@H](O)c5sccc5Cl)cc34)cc2)CC1. The number of hydrogen-bond donors (Lipinski definition) is 3. The van der Waals surface area contributed by atoms with Crippen LogP contribution in [0.15, 0.2) is 53.9 Å². The molecule has 2 aromatic heterocycles. The van der Waals surface area contributed by atoms with Crippen LogP contribution in [0, 0.1) is 0 Å². The van der Waals surface area contributed by atoms with Crippen molar-refractivity contribution in [1.29, 1.82) is 0 Å². The Hall–Kier alpha value is -2.91. The number of halogens is 1. The number of aliphatic hydroxyl groups excluding tert-OH is 1. The first kappa shape index (κ1) is 22.9. The number of rotatable bonds is 6. The number of nitrogens with one attached hydrogen (secondary N) is 2. The van der Waals surface area contributed by atoms with Gasteiger partial charge in [-0.3, -0.25) is 9.89 Å². The van der Waals surface area contributed by atoms with Crippen LogP contribution in [0.3, 0.4) is 0 Å². The van der Waals surface area contributed by atoms with E-state index in [0.717, 1.165) is 53.8 Å². The summed E-state index contributed by atoms with van der Waals surface area (Å²) in [5.74, 6) is 0.451. The molecule has 4 aromatic rings. The van der Waals surface area contributed by atoms with Crippen LogP contribution >= 0.6 is 22.9 Å². The fourth-order valence-corrected chi connectivity index (χ4v) is 5.23. The van der Waals surface area contributed by atoms with E-state index >= 15 is 0 Å². The molecule has 2 aromatic carbocycles. The maximum atomic E-state index is 12.8. The average molecular weight is 497 g/mol. The highest BCUT2D eigenvalue weighted by atomic mass is 35.5. The van der Waals surface area contributed by atoms with Gasteiger partial charge in [-0.1, -0.05) is 11.6 Å². The first-order chi connectivity index (χ1) is 16.5. The van der Waals surface area contributed by atoms with Gasteiger partial charge in [-0.25, -0.2) is 0 Å². The lowest BCUT2D eigenvalue weighted by atomic mass is 10.0. The van der Waals surface area contributed by atoms with E-state index in [0.29, 0.717) is 15.5 Å². The minimum atomic E-state index is -1.17. The zero-order chi connectivity index (χ0) is 23.7. The molecule has 7 nitrogen and oxygen atoms in total. The summed E-state index contributed by atoms with van der Waals surface area (Å²) in [6.07, 6.45) is 1.13. The first-order valence-corrected chi connectivity index (χ1v) is 12.4. The number of H-pyrrole nitrogens is 1. The van der Waals surface area contributed by atoms with Crippen LogP contribution in [0.25, 0.3) is 22.2 Å². The number of fused-ring (bicyclic) bond motifs is 1. The van der Waals surface area contributed by atoms with Crippen molar-refractivity contribution in [3.05, 3.63) is 69.4 Å². The number of aromatic amines is 1. The molecule has 3 heterocycles. The third-order valence-electron chi connectivity index (χ3n) is 6.08. The van der Waals surface area contributed by atoms with Crippen molar-refractivity contribution < 1.29 is 14.6 Å². The summed E-state index contributed by atoms with van der Waals surface area (Å²) < 4.78 is 6.15. The molecule has 1 aliphatic heterocycles. The molecule has 0 saturated carbocycles. The van der Waals surface area contributed by atoms with Crippen LogP contribution in [-0.4, -0.2) is 52.4 Å². The lowest BCUT2D eigenvalue weighted by Crippen LogP contribution is -2.35. The van der Waals surface area contributed by atoms with E-state index in [1.165, 1.54) is 11.3 Å². The Kier molecular flexibility index (Phi) is 6.56. The van der Waals surface area contributed by atoms with Gasteiger partial charge in [-0.05, 0) is 73.8 Å². The molecule has 5 rings (SSSR count). The van der Waals surface area contributed by atoms with E-state index in [4.69, 9.17) is 16.3 Å². The maximum absolute atomic E-state index is 12.8. The standard InChI is InChI=1S/C25H25ClN4O3S/c1-30-11-8-18(9-12-30)33-17-5-2-15(3-6-17)22-19-14-16(4-7-21(19)28-29-22)24(31)27-25(32)23-20(26)10-13-34-23/h2-7,10,13-14,18,25,32H,8-9,11-12H2,1H3,(H,27,31)(H,28,29)/t25-/m0/s1. The molecular formula is C25H25ClN4O3S. The van der Waals surface area contributed by atoms with Crippen molar-refractivity contribution >= 4 is 39.7 Å². The minimum absolute atomic E-state index is 0.244. The molecule has 1 saturated heterocycles. The molecule has 1 amide bonds. The van der Waals surface area contributed by atoms with Crippen molar-refractivity contribution in [3.8, 4) is 17.0 Å². The number of nitrogens with zero attached hydrogens (tertiary/aromatic N) is 2. The van der Waals surface area contributed by atoms with Gasteiger partial charge in [0.05, 0.1) is 21.1 Å². The number of piperidine rings is 1. The lowest BCUT2D eigenvalue weighted by Gasteiger charge is -2.29. The second kappa shape index (κ2) is 9.76. The van der Waals surface area contributed by atoms with Gasteiger partial charge < -0.3 is 20.1 Å². The molecule has 3 N–H and O–H groups in total. The molecule has 0 radical (unpaired) electrons. The summed E-state index contributed by atoms with van der Waals surface area (Å²) in [4.78, 5) is 15.6. The van der Waals surface area contributed by atoms with Gasteiger partial charge in [-0.15, -0.1) is 11.3 Å². The summed E-state index contributed by atoms with van der Waals surface area (Å²) in [5, 5.41) is 23.4. The van der Waals surface area contributed by atoms with E-state index in [-0.39, 0.29) is 6.10 Å². The van der Waals surface area contributed by atoms with Crippen molar-refractivity contribution in [1.82, 2.24) is 20.4 Å². The number of aromatic nitrogens is 2. The fourth-order valence-electron chi connectivity index (χ4n) is 4.14. The summed E-state index contributed by atoms with van der Waals surface area (Å²) in [5.41, 5.74) is 2.91. The molecule has 9 heteroatoms. The van der Waals surface area contributed by atoms with Crippen molar-refractivity contribution in [2.24, 2.45) is 0 Å². The average Bonchev–Trinajstić information content (AvgIpc) is 3.47. The van der Waals surface area contributed by atoms with Gasteiger partial charge in [-0.2, -0.15) is 5.10 Å². The maximum Gasteiger partial charge on any atom is 0.253 e. The number of amides is 1.